The number of carbonyl (C=O) groups excluding carboxylic acids is 1. The first-order valence-electron chi connectivity index (χ1n) is 10.5. The molecule has 1 aliphatic rings. The molecular weight excluding hydrogens is 392 g/mol. The summed E-state index contributed by atoms with van der Waals surface area (Å²) in [7, 11) is 1.76. The number of aromatic nitrogens is 5. The summed E-state index contributed by atoms with van der Waals surface area (Å²) < 4.78 is 3.48. The molecule has 1 amide bonds. The molecule has 0 spiro atoms. The predicted molar refractivity (Wildman–Crippen MR) is 118 cm³/mol. The highest BCUT2D eigenvalue weighted by Gasteiger charge is 2.29. The van der Waals surface area contributed by atoms with Gasteiger partial charge >= 0.3 is 5.69 Å². The summed E-state index contributed by atoms with van der Waals surface area (Å²) in [5, 5.41) is 0. The predicted octanol–water partition coefficient (Wildman–Crippen LogP) is 2.87. The number of aryl methyl sites for hydroxylation is 2. The van der Waals surface area contributed by atoms with Crippen LogP contribution in [0, 0.1) is 12.8 Å². The lowest BCUT2D eigenvalue weighted by Gasteiger charge is -2.27. The molecule has 0 aliphatic heterocycles. The third-order valence-corrected chi connectivity index (χ3v) is 6.43. The maximum absolute atomic E-state index is 13.2. The molecule has 31 heavy (non-hydrogen) atoms. The van der Waals surface area contributed by atoms with Crippen LogP contribution in [0.1, 0.15) is 37.4 Å². The number of hydrogen-bond donors (Lipinski definition) is 1. The van der Waals surface area contributed by atoms with E-state index in [0.29, 0.717) is 18.4 Å². The number of hydrogen-bond acceptors (Lipinski definition) is 5. The highest BCUT2D eigenvalue weighted by atomic mass is 16.2. The van der Waals surface area contributed by atoms with Crippen LogP contribution in [0.4, 0.5) is 0 Å². The van der Waals surface area contributed by atoms with Gasteiger partial charge in [-0.15, -0.1) is 0 Å². The highest BCUT2D eigenvalue weighted by molar-refractivity contribution is 6.00. The van der Waals surface area contributed by atoms with Crippen LogP contribution < -0.4 is 11.4 Å². The molecule has 0 radical (unpaired) electrons. The minimum Gasteiger partial charge on any atom is -0.369 e. The molecule has 0 atom stereocenters. The van der Waals surface area contributed by atoms with Gasteiger partial charge in [-0.1, -0.05) is 0 Å². The second kappa shape index (κ2) is 7.30. The van der Waals surface area contributed by atoms with Gasteiger partial charge in [0, 0.05) is 36.5 Å². The summed E-state index contributed by atoms with van der Waals surface area (Å²) in [6, 6.07) is 7.81. The van der Waals surface area contributed by atoms with Crippen LogP contribution in [0.15, 0.2) is 41.5 Å². The lowest BCUT2D eigenvalue weighted by Crippen LogP contribution is -2.32. The average molecular weight is 416 g/mol. The van der Waals surface area contributed by atoms with E-state index in [1.165, 1.54) is 0 Å². The molecule has 2 N–H and O–H groups in total. The van der Waals surface area contributed by atoms with Crippen molar-refractivity contribution in [1.82, 2.24) is 24.1 Å². The number of fused-ring (bicyclic) bond motifs is 3. The smallest absolute Gasteiger partial charge is 0.329 e. The molecule has 1 saturated carbocycles. The fourth-order valence-corrected chi connectivity index (χ4v) is 4.62. The quantitative estimate of drug-likeness (QED) is 0.552. The zero-order valence-corrected chi connectivity index (χ0v) is 17.6. The van der Waals surface area contributed by atoms with Gasteiger partial charge in [-0.3, -0.25) is 23.9 Å². The summed E-state index contributed by atoms with van der Waals surface area (Å²) in [5.41, 5.74) is 11.0. The molecule has 4 heterocycles. The van der Waals surface area contributed by atoms with Crippen molar-refractivity contribution in [1.29, 1.82) is 0 Å². The summed E-state index contributed by atoms with van der Waals surface area (Å²) in [6.45, 7) is 1.95. The van der Waals surface area contributed by atoms with Gasteiger partial charge in [0.15, 0.2) is 0 Å². The Hall–Kier alpha value is -3.55. The number of nitrogens with two attached hydrogens (primary N) is 1. The van der Waals surface area contributed by atoms with Gasteiger partial charge in [0.1, 0.15) is 5.52 Å². The van der Waals surface area contributed by atoms with Crippen molar-refractivity contribution < 1.29 is 4.79 Å². The number of carbonyl (C=O) groups is 1. The molecule has 158 valence electrons. The summed E-state index contributed by atoms with van der Waals surface area (Å²) in [4.78, 5) is 38.6. The number of imidazole rings is 1. The van der Waals surface area contributed by atoms with E-state index in [1.54, 1.807) is 24.0 Å². The molecule has 5 rings (SSSR count). The SMILES string of the molecule is Cc1ccc(-c2ccc3ncc4c(c3n2)n([C@H]2CC[C@H](C(N)=O)CC2)c(=O)n4C)cn1. The second-order valence-corrected chi connectivity index (χ2v) is 8.36. The van der Waals surface area contributed by atoms with E-state index in [4.69, 9.17) is 10.7 Å². The Kier molecular flexibility index (Phi) is 4.57. The third-order valence-electron chi connectivity index (χ3n) is 6.43. The standard InChI is InChI=1S/C23H24N6O2/c1-13-3-4-15(11-25-13)17-9-10-18-20(27-17)21-19(12-26-18)28(2)23(31)29(21)16-7-5-14(6-8-16)22(24)30/h3-4,9-12,14,16H,5-8H2,1-2H3,(H2,24,30)/t14-,16-. The Morgan fingerprint density at radius 3 is 2.52 bits per heavy atom. The van der Waals surface area contributed by atoms with Gasteiger partial charge in [-0.05, 0) is 56.9 Å². The molecule has 1 aliphatic carbocycles. The van der Waals surface area contributed by atoms with E-state index >= 15 is 0 Å². The van der Waals surface area contributed by atoms with Crippen LogP contribution >= 0.6 is 0 Å². The van der Waals surface area contributed by atoms with E-state index in [2.05, 4.69) is 9.97 Å². The van der Waals surface area contributed by atoms with Crippen molar-refractivity contribution >= 4 is 28.0 Å². The molecule has 8 nitrogen and oxygen atoms in total. The average Bonchev–Trinajstić information content (AvgIpc) is 3.04. The van der Waals surface area contributed by atoms with Crippen LogP contribution in [-0.4, -0.2) is 30.0 Å². The fourth-order valence-electron chi connectivity index (χ4n) is 4.62. The van der Waals surface area contributed by atoms with Crippen LogP contribution in [0.25, 0.3) is 33.3 Å². The third kappa shape index (κ3) is 3.19. The van der Waals surface area contributed by atoms with Crippen LogP contribution in [0.2, 0.25) is 0 Å². The minimum absolute atomic E-state index is 0.00361. The molecule has 0 unspecified atom stereocenters. The Morgan fingerprint density at radius 2 is 1.84 bits per heavy atom. The lowest BCUT2D eigenvalue weighted by molar-refractivity contribution is -0.122. The van der Waals surface area contributed by atoms with Crippen molar-refractivity contribution in [3.05, 3.63) is 52.8 Å². The normalized spacial score (nSPS) is 19.2. The van der Waals surface area contributed by atoms with Crippen molar-refractivity contribution in [2.45, 2.75) is 38.6 Å². The van der Waals surface area contributed by atoms with Crippen molar-refractivity contribution in [3.8, 4) is 11.3 Å². The number of nitrogens with zero attached hydrogens (tertiary/aromatic N) is 5. The van der Waals surface area contributed by atoms with E-state index in [0.717, 1.165) is 46.3 Å². The molecule has 8 heteroatoms. The monoisotopic (exact) mass is 416 g/mol. The fraction of sp³-hybridized carbons (Fsp3) is 0.348. The maximum atomic E-state index is 13.2. The molecule has 0 saturated heterocycles. The van der Waals surface area contributed by atoms with Gasteiger partial charge < -0.3 is 5.73 Å². The Balaban J connectivity index is 1.69. The lowest BCUT2D eigenvalue weighted by atomic mass is 9.85. The Morgan fingerprint density at radius 1 is 1.06 bits per heavy atom. The van der Waals surface area contributed by atoms with Crippen LogP contribution in [-0.2, 0) is 11.8 Å². The molecule has 4 aromatic rings. The van der Waals surface area contributed by atoms with Gasteiger partial charge in [0.2, 0.25) is 5.91 Å². The first-order chi connectivity index (χ1) is 14.9. The zero-order valence-electron chi connectivity index (χ0n) is 17.6. The molecule has 1 fully saturated rings. The minimum atomic E-state index is -0.253. The summed E-state index contributed by atoms with van der Waals surface area (Å²) in [5.74, 6) is -0.365. The number of amides is 1. The number of primary amides is 1. The Bertz CT molecular complexity index is 1360. The maximum Gasteiger partial charge on any atom is 0.329 e. The van der Waals surface area contributed by atoms with E-state index in [1.807, 2.05) is 35.8 Å². The highest BCUT2D eigenvalue weighted by Crippen LogP contribution is 2.35. The first-order valence-corrected chi connectivity index (χ1v) is 10.5. The molecule has 4 aromatic heterocycles. The van der Waals surface area contributed by atoms with E-state index in [9.17, 15) is 9.59 Å². The number of pyridine rings is 3. The topological polar surface area (TPSA) is 109 Å². The summed E-state index contributed by atoms with van der Waals surface area (Å²) in [6.07, 6.45) is 6.40. The van der Waals surface area contributed by atoms with Crippen molar-refractivity contribution in [3.63, 3.8) is 0 Å². The second-order valence-electron chi connectivity index (χ2n) is 8.36. The molecular formula is C23H24N6O2. The largest absolute Gasteiger partial charge is 0.369 e. The zero-order chi connectivity index (χ0) is 21.7. The molecule has 0 bridgehead atoms. The Labute approximate surface area is 178 Å². The van der Waals surface area contributed by atoms with Crippen molar-refractivity contribution in [2.75, 3.05) is 0 Å². The van der Waals surface area contributed by atoms with Crippen molar-refractivity contribution in [2.24, 2.45) is 18.7 Å². The van der Waals surface area contributed by atoms with E-state index < -0.39 is 0 Å². The van der Waals surface area contributed by atoms with Gasteiger partial charge in [0.05, 0.1) is 28.4 Å². The molecule has 0 aromatic carbocycles. The van der Waals surface area contributed by atoms with Gasteiger partial charge in [0.25, 0.3) is 0 Å². The van der Waals surface area contributed by atoms with Crippen LogP contribution in [0.5, 0.6) is 0 Å². The van der Waals surface area contributed by atoms with Gasteiger partial charge in [-0.25, -0.2) is 9.78 Å². The number of rotatable bonds is 3. The summed E-state index contributed by atoms with van der Waals surface area (Å²) >= 11 is 0. The first kappa shape index (κ1) is 19.4. The van der Waals surface area contributed by atoms with Crippen LogP contribution in [0.3, 0.4) is 0 Å². The van der Waals surface area contributed by atoms with E-state index in [-0.39, 0.29) is 23.6 Å². The van der Waals surface area contributed by atoms with Gasteiger partial charge in [-0.2, -0.15) is 0 Å².